The third-order valence-electron chi connectivity index (χ3n) is 6.20. The monoisotopic (exact) mass is 419 g/mol. The maximum atomic E-state index is 13.0. The highest BCUT2D eigenvalue weighted by atomic mass is 16.6. The highest BCUT2D eigenvalue weighted by molar-refractivity contribution is 5.97. The lowest BCUT2D eigenvalue weighted by molar-refractivity contribution is 0.0671. The van der Waals surface area contributed by atoms with Crippen molar-refractivity contribution in [1.29, 1.82) is 0 Å². The molecule has 8 nitrogen and oxygen atoms in total. The minimum Gasteiger partial charge on any atom is -0.447 e. The zero-order valence-electron chi connectivity index (χ0n) is 17.5. The van der Waals surface area contributed by atoms with Gasteiger partial charge in [0.05, 0.1) is 24.0 Å². The van der Waals surface area contributed by atoms with Crippen LogP contribution in [0.3, 0.4) is 0 Å². The molecule has 0 radical (unpaired) electrons. The first-order chi connectivity index (χ1) is 15.1. The van der Waals surface area contributed by atoms with Crippen LogP contribution in [0.25, 0.3) is 16.7 Å². The number of amides is 2. The molecule has 0 aliphatic carbocycles. The van der Waals surface area contributed by atoms with Gasteiger partial charge in [0.2, 0.25) is 0 Å². The van der Waals surface area contributed by atoms with Crippen molar-refractivity contribution in [2.75, 3.05) is 31.1 Å². The first-order valence-corrected chi connectivity index (χ1v) is 10.8. The van der Waals surface area contributed by atoms with E-state index in [0.717, 1.165) is 42.7 Å². The van der Waals surface area contributed by atoms with E-state index in [0.29, 0.717) is 30.5 Å². The molecular formula is C23H25N5O3. The Labute approximate surface area is 180 Å². The number of aromatic nitrogens is 3. The molecule has 5 heterocycles. The Balaban J connectivity index is 1.38. The molecule has 0 spiro atoms. The Kier molecular flexibility index (Phi) is 5.05. The smallest absolute Gasteiger partial charge is 0.415 e. The quantitative estimate of drug-likeness (QED) is 0.645. The predicted octanol–water partition coefficient (Wildman–Crippen LogP) is 3.64. The van der Waals surface area contributed by atoms with Crippen molar-refractivity contribution in [3.8, 4) is 5.69 Å². The van der Waals surface area contributed by atoms with Crippen LogP contribution in [0.2, 0.25) is 0 Å². The molecule has 2 amide bonds. The standard InChI is InChI=1S/C23H25N5O3/c1-2-16-4-3-8-26(15-16)22(29)18-12-17-7-9-27(21(17)25-13-18)19-5-6-20(24-14-19)28-10-11-31-23(28)30/h5-7,9,12-14,16H,2-4,8,10-11,15H2,1H3. The summed E-state index contributed by atoms with van der Waals surface area (Å²) in [6, 6.07) is 7.56. The molecule has 0 N–H and O–H groups in total. The molecule has 2 saturated heterocycles. The molecule has 3 aromatic rings. The summed E-state index contributed by atoms with van der Waals surface area (Å²) < 4.78 is 6.89. The van der Waals surface area contributed by atoms with Crippen molar-refractivity contribution in [2.24, 2.45) is 5.92 Å². The molecule has 160 valence electrons. The van der Waals surface area contributed by atoms with Crippen LogP contribution in [0.5, 0.6) is 0 Å². The van der Waals surface area contributed by atoms with Crippen molar-refractivity contribution >= 4 is 28.9 Å². The van der Waals surface area contributed by atoms with Gasteiger partial charge in [-0.15, -0.1) is 0 Å². The van der Waals surface area contributed by atoms with Crippen LogP contribution in [0.4, 0.5) is 10.6 Å². The van der Waals surface area contributed by atoms with Gasteiger partial charge in [-0.1, -0.05) is 13.3 Å². The largest absolute Gasteiger partial charge is 0.447 e. The minimum atomic E-state index is -0.371. The molecular weight excluding hydrogens is 394 g/mol. The number of likely N-dealkylation sites (tertiary alicyclic amines) is 1. The van der Waals surface area contributed by atoms with E-state index in [-0.39, 0.29) is 12.0 Å². The lowest BCUT2D eigenvalue weighted by Crippen LogP contribution is -2.39. The second-order valence-electron chi connectivity index (χ2n) is 8.13. The number of nitrogens with zero attached hydrogens (tertiary/aromatic N) is 5. The van der Waals surface area contributed by atoms with Crippen LogP contribution in [0.1, 0.15) is 36.5 Å². The topological polar surface area (TPSA) is 80.6 Å². The fourth-order valence-electron chi connectivity index (χ4n) is 4.40. The van der Waals surface area contributed by atoms with E-state index in [4.69, 9.17) is 4.74 Å². The molecule has 2 aliphatic rings. The fourth-order valence-corrected chi connectivity index (χ4v) is 4.40. The van der Waals surface area contributed by atoms with Gasteiger partial charge >= 0.3 is 6.09 Å². The average Bonchev–Trinajstić information content (AvgIpc) is 3.44. The third-order valence-corrected chi connectivity index (χ3v) is 6.20. The molecule has 0 saturated carbocycles. The lowest BCUT2D eigenvalue weighted by Gasteiger charge is -2.32. The normalized spacial score (nSPS) is 19.1. The Morgan fingerprint density at radius 3 is 2.84 bits per heavy atom. The van der Waals surface area contributed by atoms with Gasteiger partial charge in [-0.3, -0.25) is 14.3 Å². The van der Waals surface area contributed by atoms with E-state index < -0.39 is 0 Å². The number of pyridine rings is 2. The SMILES string of the molecule is CCC1CCCN(C(=O)c2cnc3c(ccn3-c3ccc(N4CCOC4=O)nc3)c2)C1. The number of ether oxygens (including phenoxy) is 1. The van der Waals surface area contributed by atoms with Gasteiger partial charge in [-0.05, 0) is 43.0 Å². The Morgan fingerprint density at radius 2 is 2.10 bits per heavy atom. The number of anilines is 1. The third kappa shape index (κ3) is 3.62. The molecule has 5 rings (SSSR count). The molecule has 0 aromatic carbocycles. The summed E-state index contributed by atoms with van der Waals surface area (Å²) in [5.41, 5.74) is 2.22. The van der Waals surface area contributed by atoms with Crippen LogP contribution in [-0.2, 0) is 4.74 Å². The van der Waals surface area contributed by atoms with Gasteiger partial charge in [0.25, 0.3) is 5.91 Å². The van der Waals surface area contributed by atoms with E-state index >= 15 is 0 Å². The van der Waals surface area contributed by atoms with Crippen LogP contribution in [0, 0.1) is 5.92 Å². The van der Waals surface area contributed by atoms with E-state index in [2.05, 4.69) is 16.9 Å². The zero-order chi connectivity index (χ0) is 21.4. The van der Waals surface area contributed by atoms with E-state index in [1.807, 2.05) is 33.9 Å². The van der Waals surface area contributed by atoms with Gasteiger partial charge in [-0.2, -0.15) is 0 Å². The van der Waals surface area contributed by atoms with Crippen LogP contribution >= 0.6 is 0 Å². The van der Waals surface area contributed by atoms with Crippen LogP contribution in [0.15, 0.2) is 42.9 Å². The van der Waals surface area contributed by atoms with Crippen molar-refractivity contribution in [2.45, 2.75) is 26.2 Å². The van der Waals surface area contributed by atoms with Crippen LogP contribution in [-0.4, -0.2) is 57.7 Å². The molecule has 1 atom stereocenters. The lowest BCUT2D eigenvalue weighted by atomic mass is 9.95. The number of rotatable bonds is 4. The molecule has 2 aliphatic heterocycles. The number of piperidine rings is 1. The second kappa shape index (κ2) is 8.02. The van der Waals surface area contributed by atoms with Crippen molar-refractivity contribution in [3.05, 3.63) is 48.4 Å². The number of carbonyl (C=O) groups is 2. The molecule has 1 unspecified atom stereocenters. The molecule has 31 heavy (non-hydrogen) atoms. The van der Waals surface area contributed by atoms with E-state index in [1.165, 1.54) is 11.3 Å². The zero-order valence-corrected chi connectivity index (χ0v) is 17.5. The van der Waals surface area contributed by atoms with E-state index in [9.17, 15) is 9.59 Å². The summed E-state index contributed by atoms with van der Waals surface area (Å²) in [4.78, 5) is 37.2. The predicted molar refractivity (Wildman–Crippen MR) is 116 cm³/mol. The number of cyclic esters (lactones) is 1. The van der Waals surface area contributed by atoms with Crippen LogP contribution < -0.4 is 4.90 Å². The van der Waals surface area contributed by atoms with Gasteiger partial charge in [0.1, 0.15) is 18.1 Å². The maximum Gasteiger partial charge on any atom is 0.415 e. The first kappa shape index (κ1) is 19.5. The number of fused-ring (bicyclic) bond motifs is 1. The summed E-state index contributed by atoms with van der Waals surface area (Å²) in [6.07, 6.45) is 8.29. The fraction of sp³-hybridized carbons (Fsp3) is 0.391. The van der Waals surface area contributed by atoms with Crippen molar-refractivity contribution < 1.29 is 14.3 Å². The van der Waals surface area contributed by atoms with Crippen molar-refractivity contribution in [3.63, 3.8) is 0 Å². The molecule has 0 bridgehead atoms. The maximum absolute atomic E-state index is 13.0. The summed E-state index contributed by atoms with van der Waals surface area (Å²) in [5, 5.41) is 0.905. The highest BCUT2D eigenvalue weighted by Crippen LogP contribution is 2.24. The van der Waals surface area contributed by atoms with Gasteiger partial charge < -0.3 is 9.64 Å². The summed E-state index contributed by atoms with van der Waals surface area (Å²) >= 11 is 0. The second-order valence-corrected chi connectivity index (χ2v) is 8.13. The average molecular weight is 419 g/mol. The number of hydrogen-bond donors (Lipinski definition) is 0. The first-order valence-electron chi connectivity index (χ1n) is 10.8. The van der Waals surface area contributed by atoms with Gasteiger partial charge in [0, 0.05) is 30.9 Å². The van der Waals surface area contributed by atoms with E-state index in [1.54, 1.807) is 18.5 Å². The highest BCUT2D eigenvalue weighted by Gasteiger charge is 2.25. The van der Waals surface area contributed by atoms with Gasteiger partial charge in [0.15, 0.2) is 0 Å². The minimum absolute atomic E-state index is 0.0591. The van der Waals surface area contributed by atoms with Crippen molar-refractivity contribution in [1.82, 2.24) is 19.4 Å². The van der Waals surface area contributed by atoms with Gasteiger partial charge in [-0.25, -0.2) is 14.8 Å². The summed E-state index contributed by atoms with van der Waals surface area (Å²) in [6.45, 7) is 4.72. The molecule has 3 aromatic heterocycles. The Bertz CT molecular complexity index is 1120. The summed E-state index contributed by atoms with van der Waals surface area (Å²) in [7, 11) is 0. The Morgan fingerprint density at radius 1 is 1.19 bits per heavy atom. The number of carbonyl (C=O) groups excluding carboxylic acids is 2. The number of hydrogen-bond acceptors (Lipinski definition) is 5. The molecule has 8 heteroatoms. The Hall–Kier alpha value is -3.42. The summed E-state index contributed by atoms with van der Waals surface area (Å²) in [5.74, 6) is 1.22. The molecule has 2 fully saturated rings.